The third-order valence-corrected chi connectivity index (χ3v) is 9.54. The normalized spacial score (nSPS) is 15.4. The van der Waals surface area contributed by atoms with E-state index in [2.05, 4.69) is 60.8 Å². The van der Waals surface area contributed by atoms with Crippen molar-refractivity contribution in [2.24, 2.45) is 11.8 Å². The van der Waals surface area contributed by atoms with Crippen LogP contribution in [0.3, 0.4) is 0 Å². The van der Waals surface area contributed by atoms with Crippen molar-refractivity contribution in [1.82, 2.24) is 29.1 Å². The monoisotopic (exact) mass is 796 g/mol. The molecule has 268 valence electrons. The summed E-state index contributed by atoms with van der Waals surface area (Å²) < 4.78 is 4.37. The van der Waals surface area contributed by atoms with Crippen LogP contribution in [0.5, 0.6) is 0 Å². The highest BCUT2D eigenvalue weighted by Crippen LogP contribution is 2.22. The van der Waals surface area contributed by atoms with Crippen molar-refractivity contribution in [3.63, 3.8) is 0 Å². The molecule has 12 heteroatoms. The van der Waals surface area contributed by atoms with Crippen LogP contribution in [-0.4, -0.2) is 29.1 Å². The van der Waals surface area contributed by atoms with Gasteiger partial charge in [-0.25, -0.2) is 19.9 Å². The molecule has 10 nitrogen and oxygen atoms in total. The molecule has 2 aliphatic heterocycles. The maximum atomic E-state index is 12.8. The lowest BCUT2D eigenvalue weighted by Gasteiger charge is -2.10. The summed E-state index contributed by atoms with van der Waals surface area (Å²) >= 11 is 3.40. The van der Waals surface area contributed by atoms with E-state index in [0.29, 0.717) is 60.0 Å². The van der Waals surface area contributed by atoms with Crippen LogP contribution in [0.15, 0.2) is 99.3 Å². The van der Waals surface area contributed by atoms with Gasteiger partial charge in [0.2, 0.25) is 0 Å². The minimum atomic E-state index is -0.0344. The average molecular weight is 798 g/mol. The molecule has 2 unspecified atom stereocenters. The first-order chi connectivity index (χ1) is 25.9. The number of benzene rings is 2. The molecular weight excluding hydrogens is 764 g/mol. The summed E-state index contributed by atoms with van der Waals surface area (Å²) in [6.07, 6.45) is 12.7. The predicted octanol–water partition coefficient (Wildman–Crippen LogP) is 6.79. The number of aryl methyl sites for hydroxylation is 2. The van der Waals surface area contributed by atoms with Gasteiger partial charge in [0, 0.05) is 60.2 Å². The van der Waals surface area contributed by atoms with E-state index in [9.17, 15) is 9.59 Å². The number of terminal acetylenes is 1. The lowest BCUT2D eigenvalue weighted by atomic mass is 10.0. The van der Waals surface area contributed by atoms with Crippen LogP contribution in [0.25, 0.3) is 21.8 Å². The highest BCUT2D eigenvalue weighted by Gasteiger charge is 2.20. The summed E-state index contributed by atoms with van der Waals surface area (Å²) in [4.78, 5) is 42.6. The molecule has 0 aliphatic carbocycles. The third kappa shape index (κ3) is 9.46. The van der Waals surface area contributed by atoms with Gasteiger partial charge in [-0.15, -0.1) is 18.8 Å². The number of hydrogen-bond donors (Lipinski definition) is 0. The molecule has 0 saturated heterocycles. The van der Waals surface area contributed by atoms with Gasteiger partial charge in [-0.2, -0.15) is 10.5 Å². The largest absolute Gasteiger partial charge is 0.296 e. The number of nitriles is 2. The van der Waals surface area contributed by atoms with E-state index in [4.69, 9.17) is 21.9 Å². The van der Waals surface area contributed by atoms with Gasteiger partial charge in [-0.1, -0.05) is 39.9 Å². The second-order valence-corrected chi connectivity index (χ2v) is 13.4. The van der Waals surface area contributed by atoms with E-state index >= 15 is 0 Å². The Bertz CT molecular complexity index is 2600. The lowest BCUT2D eigenvalue weighted by molar-refractivity contribution is 0.538. The van der Waals surface area contributed by atoms with E-state index in [1.165, 1.54) is 0 Å². The first-order valence-corrected chi connectivity index (χ1v) is 18.0. The summed E-state index contributed by atoms with van der Waals surface area (Å²) in [5.74, 6) is 10.1. The quantitative estimate of drug-likeness (QED) is 0.153. The Kier molecular flexibility index (Phi) is 13.5. The smallest absolute Gasteiger partial charge is 0.261 e. The second-order valence-electron chi connectivity index (χ2n) is 12.5. The van der Waals surface area contributed by atoms with Gasteiger partial charge >= 0.3 is 0 Å². The van der Waals surface area contributed by atoms with Crippen LogP contribution in [-0.2, 0) is 25.9 Å². The summed E-state index contributed by atoms with van der Waals surface area (Å²) in [6, 6.07) is 26.7. The number of pyridine rings is 2. The fourth-order valence-corrected chi connectivity index (χ4v) is 6.52. The summed E-state index contributed by atoms with van der Waals surface area (Å²) in [6.45, 7) is 1.14. The van der Waals surface area contributed by atoms with Crippen molar-refractivity contribution >= 4 is 50.1 Å². The van der Waals surface area contributed by atoms with Gasteiger partial charge in [-0.05, 0) is 92.3 Å². The average Bonchev–Trinajstić information content (AvgIpc) is 3.54. The van der Waals surface area contributed by atoms with Gasteiger partial charge in [0.15, 0.2) is 0 Å². The van der Waals surface area contributed by atoms with Crippen LogP contribution in [0, 0.1) is 58.7 Å². The molecule has 8 rings (SSSR count). The Hall–Kier alpha value is -6.11. The molecule has 0 saturated carbocycles. The highest BCUT2D eigenvalue weighted by molar-refractivity contribution is 9.10. The number of nitrogens with zero attached hydrogens (tertiary/aromatic N) is 8. The SMILES string of the molecule is C#Cc1ccccn1.Cl.N#CC1CCc2nc3cc(Br)ccc3c(=O)n2CC1.N#CC1CCc2nc3cc(C#Cc4ccccn4)ccc3c(=O)n2CC1. The van der Waals surface area contributed by atoms with Crippen LogP contribution in [0.1, 0.15) is 54.3 Å². The highest BCUT2D eigenvalue weighted by atomic mass is 79.9. The zero-order valence-electron chi connectivity index (χ0n) is 29.2. The molecule has 4 aromatic heterocycles. The maximum absolute atomic E-state index is 12.8. The molecule has 0 radical (unpaired) electrons. The Morgan fingerprint density at radius 2 is 1.22 bits per heavy atom. The number of hydrogen-bond acceptors (Lipinski definition) is 8. The van der Waals surface area contributed by atoms with E-state index in [0.717, 1.165) is 46.5 Å². The number of rotatable bonds is 0. The van der Waals surface area contributed by atoms with Crippen LogP contribution >= 0.6 is 28.3 Å². The Morgan fingerprint density at radius 1 is 0.685 bits per heavy atom. The summed E-state index contributed by atoms with van der Waals surface area (Å²) in [5, 5.41) is 19.4. The van der Waals surface area contributed by atoms with Crippen molar-refractivity contribution in [2.45, 2.75) is 51.6 Å². The van der Waals surface area contributed by atoms with Crippen LogP contribution in [0.4, 0.5) is 0 Å². The third-order valence-electron chi connectivity index (χ3n) is 9.04. The molecule has 0 amide bonds. The summed E-state index contributed by atoms with van der Waals surface area (Å²) in [7, 11) is 0. The zero-order valence-corrected chi connectivity index (χ0v) is 31.6. The molecule has 2 aromatic carbocycles. The van der Waals surface area contributed by atoms with Gasteiger partial charge in [-0.3, -0.25) is 18.7 Å². The van der Waals surface area contributed by atoms with Crippen LogP contribution in [0.2, 0.25) is 0 Å². The predicted molar refractivity (Wildman–Crippen MR) is 213 cm³/mol. The first kappa shape index (κ1) is 39.1. The lowest BCUT2D eigenvalue weighted by Crippen LogP contribution is -2.24. The number of aromatic nitrogens is 6. The standard InChI is InChI=1S/C21H16N4O.C14H12BrN3O.C7H5N.ClH/c22-14-16-6-9-20-24-19-13-15(4-7-17-3-1-2-11-23-17)5-8-18(19)21(26)25(20)12-10-16;15-10-2-3-11-12(7-10)17-13-4-1-9(8-16)5-6-18(13)14(11)19;1-2-7-5-3-4-6-8-7;/h1-3,5,8,11,13,16H,6,9-10,12H2;2-3,7,9H,1,4-6H2;1,3-6H;1H. The maximum Gasteiger partial charge on any atom is 0.261 e. The molecule has 0 fully saturated rings. The zero-order chi connectivity index (χ0) is 37.2. The molecule has 2 atom stereocenters. The van der Waals surface area contributed by atoms with E-state index in [-0.39, 0.29) is 35.4 Å². The van der Waals surface area contributed by atoms with Gasteiger partial charge in [0.25, 0.3) is 11.1 Å². The van der Waals surface area contributed by atoms with Gasteiger partial charge < -0.3 is 0 Å². The number of fused-ring (bicyclic) bond motifs is 4. The fourth-order valence-electron chi connectivity index (χ4n) is 6.17. The molecule has 0 bridgehead atoms. The molecule has 6 heterocycles. The van der Waals surface area contributed by atoms with Crippen molar-refractivity contribution in [1.29, 1.82) is 10.5 Å². The molecule has 6 aromatic rings. The molecule has 0 N–H and O–H groups in total. The Labute approximate surface area is 327 Å². The van der Waals surface area contributed by atoms with Gasteiger partial charge in [0.1, 0.15) is 23.0 Å². The minimum absolute atomic E-state index is 0. The van der Waals surface area contributed by atoms with Crippen LogP contribution < -0.4 is 11.1 Å². The van der Waals surface area contributed by atoms with E-state index < -0.39 is 0 Å². The Morgan fingerprint density at radius 3 is 1.72 bits per heavy atom. The Balaban J connectivity index is 0.000000175. The number of halogens is 2. The van der Waals surface area contributed by atoms with Crippen molar-refractivity contribution in [3.8, 4) is 36.3 Å². The van der Waals surface area contributed by atoms with Crippen molar-refractivity contribution < 1.29 is 0 Å². The molecule has 0 spiro atoms. The minimum Gasteiger partial charge on any atom is -0.296 e. The van der Waals surface area contributed by atoms with E-state index in [1.807, 2.05) is 54.6 Å². The van der Waals surface area contributed by atoms with E-state index in [1.54, 1.807) is 39.7 Å². The molecule has 2 aliphatic rings. The second kappa shape index (κ2) is 18.6. The first-order valence-electron chi connectivity index (χ1n) is 17.2. The van der Waals surface area contributed by atoms with Gasteiger partial charge in [0.05, 0.1) is 33.9 Å². The molecule has 54 heavy (non-hydrogen) atoms. The summed E-state index contributed by atoms with van der Waals surface area (Å²) in [5.41, 5.74) is 3.53. The molecular formula is C42H34BrClN8O2. The topological polar surface area (TPSA) is 143 Å². The van der Waals surface area contributed by atoms with Crippen molar-refractivity contribution in [2.75, 3.05) is 0 Å². The van der Waals surface area contributed by atoms with Crippen molar-refractivity contribution in [3.05, 3.63) is 139 Å². The fraction of sp³-hybridized carbons (Fsp3) is 0.238.